The van der Waals surface area contributed by atoms with E-state index in [0.29, 0.717) is 47.0 Å². The van der Waals surface area contributed by atoms with Gasteiger partial charge in [0.25, 0.3) is 0 Å². The Bertz CT molecular complexity index is 716. The van der Waals surface area contributed by atoms with Crippen LogP contribution in [0.4, 0.5) is 0 Å². The summed E-state index contributed by atoms with van der Waals surface area (Å²) in [5.74, 6) is 3.58. The smallest absolute Gasteiger partial charge is 0.171 e. The van der Waals surface area contributed by atoms with Gasteiger partial charge in [-0.2, -0.15) is 0 Å². The Morgan fingerprint density at radius 3 is 2.32 bits per heavy atom. The Labute approximate surface area is 188 Å². The molecule has 4 saturated carbocycles. The molecule has 2 heterocycles. The Balaban J connectivity index is 1.28. The van der Waals surface area contributed by atoms with Gasteiger partial charge in [-0.05, 0) is 97.7 Å². The zero-order valence-corrected chi connectivity index (χ0v) is 20.1. The van der Waals surface area contributed by atoms with Crippen LogP contribution in [0.15, 0.2) is 0 Å². The molecule has 0 bridgehead atoms. The first-order valence-corrected chi connectivity index (χ1v) is 13.4. The highest BCUT2D eigenvalue weighted by Crippen LogP contribution is 2.71. The molecule has 176 valence electrons. The lowest BCUT2D eigenvalue weighted by molar-refractivity contribution is -0.273. The van der Waals surface area contributed by atoms with Gasteiger partial charge in [0.2, 0.25) is 0 Å². The predicted octanol–water partition coefficient (Wildman–Crippen LogP) is 4.76. The van der Waals surface area contributed by atoms with E-state index >= 15 is 0 Å². The molecule has 2 N–H and O–H groups in total. The molecular weight excluding hydrogens is 388 g/mol. The lowest BCUT2D eigenvalue weighted by atomic mass is 9.43. The molecule has 4 nitrogen and oxygen atoms in total. The Hall–Kier alpha value is -0.160. The van der Waals surface area contributed by atoms with Gasteiger partial charge in [-0.25, -0.2) is 0 Å². The molecule has 4 aliphatic carbocycles. The van der Waals surface area contributed by atoms with Gasteiger partial charge in [-0.1, -0.05) is 27.7 Å². The molecule has 0 aromatic carbocycles. The topological polar surface area (TPSA) is 58.9 Å². The number of fused-ring (bicyclic) bond motifs is 7. The lowest BCUT2D eigenvalue weighted by Crippen LogP contribution is -2.58. The summed E-state index contributed by atoms with van der Waals surface area (Å²) in [7, 11) is 0. The van der Waals surface area contributed by atoms with Crippen LogP contribution in [-0.2, 0) is 9.47 Å². The van der Waals surface area contributed by atoms with E-state index in [0.717, 1.165) is 45.1 Å². The summed E-state index contributed by atoms with van der Waals surface area (Å²) in [6.07, 6.45) is 9.58. The SMILES string of the molecule is C[C@H]1CC[C@@]2(OC1)O[C@@H]1C[C@@H]3[C@@H]4C[C@H](O)[C@H]5C[C@@H](O)CC[C@]5(C)[C@H]4CC[C@]3(C)[C@@H]1[C@@H]2C. The second-order valence-corrected chi connectivity index (χ2v) is 13.2. The largest absolute Gasteiger partial charge is 0.393 e. The highest BCUT2D eigenvalue weighted by Gasteiger charge is 2.69. The zero-order valence-electron chi connectivity index (χ0n) is 20.1. The number of hydrogen-bond donors (Lipinski definition) is 2. The van der Waals surface area contributed by atoms with Crippen molar-refractivity contribution in [2.45, 2.75) is 110 Å². The van der Waals surface area contributed by atoms with E-state index in [1.807, 2.05) is 0 Å². The van der Waals surface area contributed by atoms with Gasteiger partial charge in [0.05, 0.1) is 24.9 Å². The first-order chi connectivity index (χ1) is 14.7. The molecule has 0 unspecified atom stereocenters. The van der Waals surface area contributed by atoms with E-state index in [-0.39, 0.29) is 29.3 Å². The van der Waals surface area contributed by atoms with Gasteiger partial charge >= 0.3 is 0 Å². The van der Waals surface area contributed by atoms with Gasteiger partial charge in [0.15, 0.2) is 5.79 Å². The molecule has 0 aromatic heterocycles. The molecule has 0 aromatic rings. The maximum atomic E-state index is 11.2. The number of rotatable bonds is 0. The van der Waals surface area contributed by atoms with Crippen molar-refractivity contribution in [2.75, 3.05) is 6.61 Å². The molecule has 1 spiro atoms. The Morgan fingerprint density at radius 2 is 1.58 bits per heavy atom. The van der Waals surface area contributed by atoms with Crippen molar-refractivity contribution in [3.63, 3.8) is 0 Å². The third-order valence-electron chi connectivity index (χ3n) is 11.9. The molecule has 4 heteroatoms. The van der Waals surface area contributed by atoms with Gasteiger partial charge in [-0.3, -0.25) is 0 Å². The van der Waals surface area contributed by atoms with Crippen LogP contribution < -0.4 is 0 Å². The summed E-state index contributed by atoms with van der Waals surface area (Å²) >= 11 is 0. The van der Waals surface area contributed by atoms with Gasteiger partial charge in [0.1, 0.15) is 0 Å². The number of aliphatic hydroxyl groups is 2. The summed E-state index contributed by atoms with van der Waals surface area (Å²) in [4.78, 5) is 0. The minimum absolute atomic E-state index is 0.191. The van der Waals surface area contributed by atoms with Crippen molar-refractivity contribution in [1.29, 1.82) is 0 Å². The fraction of sp³-hybridized carbons (Fsp3) is 1.00. The maximum absolute atomic E-state index is 11.2. The number of aliphatic hydroxyl groups excluding tert-OH is 2. The van der Waals surface area contributed by atoms with E-state index in [4.69, 9.17) is 9.47 Å². The van der Waals surface area contributed by atoms with Crippen molar-refractivity contribution in [2.24, 2.45) is 52.3 Å². The van der Waals surface area contributed by atoms with Crippen LogP contribution in [0, 0.1) is 52.3 Å². The second kappa shape index (κ2) is 6.93. The van der Waals surface area contributed by atoms with E-state index in [9.17, 15) is 10.2 Å². The molecule has 0 amide bonds. The van der Waals surface area contributed by atoms with Gasteiger partial charge in [-0.15, -0.1) is 0 Å². The highest BCUT2D eigenvalue weighted by atomic mass is 16.7. The van der Waals surface area contributed by atoms with E-state index in [1.54, 1.807) is 0 Å². The normalized spacial score (nSPS) is 63.3. The third-order valence-corrected chi connectivity index (χ3v) is 11.9. The highest BCUT2D eigenvalue weighted by molar-refractivity contribution is 5.16. The van der Waals surface area contributed by atoms with Crippen LogP contribution in [-0.4, -0.2) is 40.9 Å². The summed E-state index contributed by atoms with van der Waals surface area (Å²) in [6, 6.07) is 0. The van der Waals surface area contributed by atoms with E-state index in [1.165, 1.54) is 19.3 Å². The standard InChI is InChI=1S/C27H44O4/c1-15-5-10-27(30-14-15)16(2)24-23(31-27)13-20-18-12-22(29)21-11-17(28)6-8-25(21,3)19(18)7-9-26(20,24)4/h15-24,28-29H,5-14H2,1-4H3/t15-,16-,17-,18+,19-,20+,21+,22-,23+,24+,25+,26-,27+/m0/s1. The molecule has 6 aliphatic rings. The molecule has 6 fully saturated rings. The van der Waals surface area contributed by atoms with Crippen molar-refractivity contribution in [1.82, 2.24) is 0 Å². The molecule has 2 saturated heterocycles. The molecule has 31 heavy (non-hydrogen) atoms. The average molecular weight is 433 g/mol. The van der Waals surface area contributed by atoms with Crippen molar-refractivity contribution >= 4 is 0 Å². The molecular formula is C27H44O4. The fourth-order valence-corrected chi connectivity index (χ4v) is 10.3. The number of ether oxygens (including phenoxy) is 2. The van der Waals surface area contributed by atoms with E-state index < -0.39 is 0 Å². The Kier molecular flexibility index (Phi) is 4.78. The zero-order chi connectivity index (χ0) is 21.8. The average Bonchev–Trinajstić information content (AvgIpc) is 3.17. The minimum atomic E-state index is -0.338. The van der Waals surface area contributed by atoms with Crippen molar-refractivity contribution in [3.8, 4) is 0 Å². The van der Waals surface area contributed by atoms with Crippen LogP contribution >= 0.6 is 0 Å². The summed E-state index contributed by atoms with van der Waals surface area (Å²) in [5, 5.41) is 21.5. The molecule has 13 atom stereocenters. The van der Waals surface area contributed by atoms with Gasteiger partial charge < -0.3 is 19.7 Å². The monoisotopic (exact) mass is 432 g/mol. The first kappa shape index (κ1) is 21.4. The summed E-state index contributed by atoms with van der Waals surface area (Å²) in [6.45, 7) is 10.6. The molecule has 2 aliphatic heterocycles. The van der Waals surface area contributed by atoms with Gasteiger partial charge in [0, 0.05) is 12.3 Å². The quantitative estimate of drug-likeness (QED) is 0.579. The van der Waals surface area contributed by atoms with Crippen LogP contribution in [0.1, 0.15) is 85.5 Å². The second-order valence-electron chi connectivity index (χ2n) is 13.2. The van der Waals surface area contributed by atoms with Crippen LogP contribution in [0.5, 0.6) is 0 Å². The van der Waals surface area contributed by atoms with Crippen molar-refractivity contribution in [3.05, 3.63) is 0 Å². The van der Waals surface area contributed by atoms with Crippen LogP contribution in [0.25, 0.3) is 0 Å². The summed E-state index contributed by atoms with van der Waals surface area (Å²) < 4.78 is 13.3. The molecule has 6 rings (SSSR count). The van der Waals surface area contributed by atoms with Crippen LogP contribution in [0.3, 0.4) is 0 Å². The van der Waals surface area contributed by atoms with E-state index in [2.05, 4.69) is 27.7 Å². The summed E-state index contributed by atoms with van der Waals surface area (Å²) in [5.41, 5.74) is 0.495. The van der Waals surface area contributed by atoms with Crippen LogP contribution in [0.2, 0.25) is 0 Å². The minimum Gasteiger partial charge on any atom is -0.393 e. The maximum Gasteiger partial charge on any atom is 0.171 e. The fourth-order valence-electron chi connectivity index (χ4n) is 10.3. The van der Waals surface area contributed by atoms with Crippen molar-refractivity contribution < 1.29 is 19.7 Å². The Morgan fingerprint density at radius 1 is 0.806 bits per heavy atom. The third kappa shape index (κ3) is 2.80. The molecule has 0 radical (unpaired) electrons. The lowest BCUT2D eigenvalue weighted by Gasteiger charge is -2.62. The first-order valence-electron chi connectivity index (χ1n) is 13.4. The number of hydrogen-bond acceptors (Lipinski definition) is 4. The predicted molar refractivity (Wildman–Crippen MR) is 119 cm³/mol.